The van der Waals surface area contributed by atoms with Gasteiger partial charge in [-0.3, -0.25) is 14.4 Å². The van der Waals surface area contributed by atoms with Crippen LogP contribution in [0.2, 0.25) is 0 Å². The Balaban J connectivity index is 1.31. The number of fused-ring (bicyclic) bond motifs is 1. The third kappa shape index (κ3) is 3.86. The first-order valence-electron chi connectivity index (χ1n) is 8.59. The summed E-state index contributed by atoms with van der Waals surface area (Å²) in [4.78, 5) is 36.8. The van der Waals surface area contributed by atoms with Gasteiger partial charge in [0.1, 0.15) is 18.1 Å². The molecular weight excluding hydrogens is 380 g/mol. The molecule has 4 rings (SSSR count). The van der Waals surface area contributed by atoms with Crippen LogP contribution in [0, 0.1) is 0 Å². The normalized spacial score (nSPS) is 17.4. The van der Waals surface area contributed by atoms with E-state index >= 15 is 0 Å². The first kappa shape index (κ1) is 18.1. The Morgan fingerprint density at radius 3 is 2.64 bits per heavy atom. The van der Waals surface area contributed by atoms with Crippen LogP contribution in [0.4, 0.5) is 4.79 Å². The Morgan fingerprint density at radius 2 is 1.89 bits per heavy atom. The molecule has 28 heavy (non-hydrogen) atoms. The topological polar surface area (TPSA) is 84.9 Å². The number of para-hydroxylation sites is 1. The second kappa shape index (κ2) is 7.77. The van der Waals surface area contributed by atoms with Crippen LogP contribution in [0.3, 0.4) is 0 Å². The molecular formula is C20H16N2O5S. The molecule has 0 spiro atoms. The van der Waals surface area contributed by atoms with Gasteiger partial charge in [-0.05, 0) is 35.9 Å². The van der Waals surface area contributed by atoms with E-state index in [-0.39, 0.29) is 28.7 Å². The van der Waals surface area contributed by atoms with Crippen molar-refractivity contribution in [2.75, 3.05) is 19.9 Å². The van der Waals surface area contributed by atoms with Gasteiger partial charge in [0.15, 0.2) is 6.73 Å². The number of nitrogens with one attached hydrogen (secondary N) is 1. The molecule has 7 nitrogen and oxygen atoms in total. The first-order chi connectivity index (χ1) is 13.6. The third-order valence-corrected chi connectivity index (χ3v) is 4.94. The Morgan fingerprint density at radius 1 is 1.11 bits per heavy atom. The van der Waals surface area contributed by atoms with E-state index in [4.69, 9.17) is 9.47 Å². The molecule has 0 radical (unpaired) electrons. The number of carbonyl (C=O) groups is 3. The molecule has 0 aromatic heterocycles. The van der Waals surface area contributed by atoms with Gasteiger partial charge in [-0.15, -0.1) is 0 Å². The number of thioether (sulfide) groups is 1. The SMILES string of the molecule is O=C1NC(=Cc2ccc(OCCN3COc4ccccc4C3=O)cc2)C(=O)S1. The largest absolute Gasteiger partial charge is 0.492 e. The lowest BCUT2D eigenvalue weighted by atomic mass is 10.1. The Kier molecular flexibility index (Phi) is 5.03. The molecule has 2 aromatic rings. The average Bonchev–Trinajstić information content (AvgIpc) is 3.02. The number of hydrogen-bond donors (Lipinski definition) is 1. The molecule has 1 saturated heterocycles. The van der Waals surface area contributed by atoms with Gasteiger partial charge in [-0.25, -0.2) is 0 Å². The maximum Gasteiger partial charge on any atom is 0.291 e. The lowest BCUT2D eigenvalue weighted by Gasteiger charge is -2.28. The zero-order chi connectivity index (χ0) is 19.5. The van der Waals surface area contributed by atoms with E-state index in [1.54, 1.807) is 53.4 Å². The van der Waals surface area contributed by atoms with E-state index in [0.29, 0.717) is 42.0 Å². The van der Waals surface area contributed by atoms with Gasteiger partial charge < -0.3 is 19.7 Å². The fourth-order valence-electron chi connectivity index (χ4n) is 2.83. The standard InChI is InChI=1S/C20H16N2O5S/c23-18-15-3-1-2-4-17(15)27-12-22(18)9-10-26-14-7-5-13(6-8-14)11-16-19(24)28-20(25)21-16/h1-8,11H,9-10,12H2,(H,21,25). The number of nitrogens with zero attached hydrogens (tertiary/aromatic N) is 1. The molecule has 0 bridgehead atoms. The van der Waals surface area contributed by atoms with Crippen molar-refractivity contribution in [3.63, 3.8) is 0 Å². The van der Waals surface area contributed by atoms with Crippen LogP contribution in [0.15, 0.2) is 54.2 Å². The molecule has 8 heteroatoms. The van der Waals surface area contributed by atoms with E-state index in [9.17, 15) is 14.4 Å². The van der Waals surface area contributed by atoms with E-state index in [1.165, 1.54) is 0 Å². The van der Waals surface area contributed by atoms with Crippen LogP contribution in [0.1, 0.15) is 15.9 Å². The summed E-state index contributed by atoms with van der Waals surface area (Å²) in [5, 5.41) is 1.85. The molecule has 2 heterocycles. The zero-order valence-corrected chi connectivity index (χ0v) is 15.5. The van der Waals surface area contributed by atoms with Crippen molar-refractivity contribution >= 4 is 34.1 Å². The molecule has 0 unspecified atom stereocenters. The predicted molar refractivity (Wildman–Crippen MR) is 104 cm³/mol. The van der Waals surface area contributed by atoms with E-state index in [1.807, 2.05) is 6.07 Å². The smallest absolute Gasteiger partial charge is 0.291 e. The van der Waals surface area contributed by atoms with Crippen molar-refractivity contribution in [2.24, 2.45) is 0 Å². The lowest BCUT2D eigenvalue weighted by Crippen LogP contribution is -2.40. The summed E-state index contributed by atoms with van der Waals surface area (Å²) in [5.74, 6) is 1.17. The number of hydrogen-bond acceptors (Lipinski definition) is 6. The van der Waals surface area contributed by atoms with Crippen LogP contribution in [0.5, 0.6) is 11.5 Å². The molecule has 1 N–H and O–H groups in total. The number of ether oxygens (including phenoxy) is 2. The maximum atomic E-state index is 12.4. The highest BCUT2D eigenvalue weighted by Gasteiger charge is 2.25. The minimum atomic E-state index is -0.366. The minimum absolute atomic E-state index is 0.0754. The Bertz CT molecular complexity index is 971. The third-order valence-electron chi connectivity index (χ3n) is 4.24. The molecule has 142 valence electrons. The highest BCUT2D eigenvalue weighted by atomic mass is 32.2. The monoisotopic (exact) mass is 396 g/mol. The van der Waals surface area contributed by atoms with Crippen molar-refractivity contribution in [3.05, 3.63) is 65.4 Å². The maximum absolute atomic E-state index is 12.4. The second-order valence-corrected chi connectivity index (χ2v) is 7.06. The van der Waals surface area contributed by atoms with E-state index < -0.39 is 0 Å². The Hall–Kier alpha value is -3.26. The van der Waals surface area contributed by atoms with Crippen LogP contribution in [-0.2, 0) is 4.79 Å². The van der Waals surface area contributed by atoms with Gasteiger partial charge in [0, 0.05) is 11.8 Å². The molecule has 2 aliphatic heterocycles. The van der Waals surface area contributed by atoms with Gasteiger partial charge in [0.05, 0.1) is 17.8 Å². The van der Waals surface area contributed by atoms with Crippen molar-refractivity contribution in [2.45, 2.75) is 0 Å². The lowest BCUT2D eigenvalue weighted by molar-refractivity contribution is -0.107. The van der Waals surface area contributed by atoms with Crippen molar-refractivity contribution in [1.29, 1.82) is 0 Å². The van der Waals surface area contributed by atoms with E-state index in [0.717, 1.165) is 5.56 Å². The first-order valence-corrected chi connectivity index (χ1v) is 9.40. The Labute approximate surface area is 165 Å². The number of carbonyl (C=O) groups excluding carboxylic acids is 3. The van der Waals surface area contributed by atoms with Gasteiger partial charge in [0.2, 0.25) is 5.12 Å². The van der Waals surface area contributed by atoms with Crippen molar-refractivity contribution in [3.8, 4) is 11.5 Å². The summed E-state index contributed by atoms with van der Waals surface area (Å²) in [6.07, 6.45) is 1.62. The van der Waals surface area contributed by atoms with Crippen LogP contribution < -0.4 is 14.8 Å². The van der Waals surface area contributed by atoms with Crippen LogP contribution >= 0.6 is 11.8 Å². The summed E-state index contributed by atoms with van der Waals surface area (Å²) in [5.41, 5.74) is 1.60. The summed E-state index contributed by atoms with van der Waals surface area (Å²) in [6, 6.07) is 14.3. The quantitative estimate of drug-likeness (QED) is 0.783. The van der Waals surface area contributed by atoms with Crippen LogP contribution in [0.25, 0.3) is 6.08 Å². The highest BCUT2D eigenvalue weighted by molar-refractivity contribution is 8.27. The van der Waals surface area contributed by atoms with Crippen molar-refractivity contribution < 1.29 is 23.9 Å². The summed E-state index contributed by atoms with van der Waals surface area (Å²) in [6.45, 7) is 0.920. The number of benzene rings is 2. The zero-order valence-electron chi connectivity index (χ0n) is 14.7. The van der Waals surface area contributed by atoms with Gasteiger partial charge in [0.25, 0.3) is 11.1 Å². The fourth-order valence-corrected chi connectivity index (χ4v) is 3.38. The van der Waals surface area contributed by atoms with Crippen LogP contribution in [-0.4, -0.2) is 41.0 Å². The van der Waals surface area contributed by atoms with Crippen molar-refractivity contribution in [1.82, 2.24) is 10.2 Å². The average molecular weight is 396 g/mol. The molecule has 0 saturated carbocycles. The molecule has 2 aromatic carbocycles. The van der Waals surface area contributed by atoms with E-state index in [2.05, 4.69) is 5.32 Å². The predicted octanol–water partition coefficient (Wildman–Crippen LogP) is 2.88. The molecule has 0 atom stereocenters. The number of rotatable bonds is 5. The molecule has 0 aliphatic carbocycles. The van der Waals surface area contributed by atoms with Gasteiger partial charge in [-0.1, -0.05) is 24.3 Å². The summed E-state index contributed by atoms with van der Waals surface area (Å²) in [7, 11) is 0. The molecule has 2 aliphatic rings. The van der Waals surface area contributed by atoms with Gasteiger partial charge in [-0.2, -0.15) is 0 Å². The molecule has 2 amide bonds. The summed E-state index contributed by atoms with van der Waals surface area (Å²) < 4.78 is 11.3. The second-order valence-electron chi connectivity index (χ2n) is 6.12. The fraction of sp³-hybridized carbons (Fsp3) is 0.150. The molecule has 1 fully saturated rings. The number of amides is 2. The van der Waals surface area contributed by atoms with Gasteiger partial charge >= 0.3 is 0 Å². The summed E-state index contributed by atoms with van der Waals surface area (Å²) >= 11 is 0.647. The minimum Gasteiger partial charge on any atom is -0.492 e. The highest BCUT2D eigenvalue weighted by Crippen LogP contribution is 2.24.